The third-order valence-electron chi connectivity index (χ3n) is 4.98. The Kier molecular flexibility index (Phi) is 5.81. The first-order valence-electron chi connectivity index (χ1n) is 9.42. The van der Waals surface area contributed by atoms with Crippen LogP contribution in [0.15, 0.2) is 47.4 Å². The van der Waals surface area contributed by atoms with Gasteiger partial charge in [0.1, 0.15) is 22.4 Å². The number of thiophene rings is 1. The molecule has 3 heterocycles. The van der Waals surface area contributed by atoms with Crippen molar-refractivity contribution in [3.05, 3.63) is 68.4 Å². The number of aromatic nitrogens is 1. The SMILES string of the molecule is COC(=O)c1sc(N2C(=O)C(=O)C(=C(O)c3ccc(OC)cc3)C2c2cccs2)nc1C. The summed E-state index contributed by atoms with van der Waals surface area (Å²) in [6.07, 6.45) is 0. The number of anilines is 1. The molecule has 1 unspecified atom stereocenters. The highest BCUT2D eigenvalue weighted by atomic mass is 32.1. The number of nitrogens with zero attached hydrogens (tertiary/aromatic N) is 2. The lowest BCUT2D eigenvalue weighted by Gasteiger charge is -2.21. The lowest BCUT2D eigenvalue weighted by atomic mass is 10.00. The maximum absolute atomic E-state index is 13.1. The highest BCUT2D eigenvalue weighted by molar-refractivity contribution is 7.18. The van der Waals surface area contributed by atoms with Crippen LogP contribution in [-0.2, 0) is 14.3 Å². The minimum atomic E-state index is -0.881. The summed E-state index contributed by atoms with van der Waals surface area (Å²) in [5, 5.41) is 13.0. The number of carbonyl (C=O) groups is 3. The molecule has 10 heteroatoms. The van der Waals surface area contributed by atoms with E-state index in [1.807, 2.05) is 5.38 Å². The Bertz CT molecular complexity index is 1230. The maximum Gasteiger partial charge on any atom is 0.350 e. The summed E-state index contributed by atoms with van der Waals surface area (Å²) in [4.78, 5) is 44.7. The predicted molar refractivity (Wildman–Crippen MR) is 120 cm³/mol. The number of aliphatic hydroxyl groups excluding tert-OH is 1. The van der Waals surface area contributed by atoms with Crippen LogP contribution in [0, 0.1) is 6.92 Å². The number of hydrogen-bond acceptors (Lipinski definition) is 9. The van der Waals surface area contributed by atoms with Crippen LogP contribution in [0.5, 0.6) is 5.75 Å². The van der Waals surface area contributed by atoms with Gasteiger partial charge in [-0.2, -0.15) is 0 Å². The number of rotatable bonds is 5. The van der Waals surface area contributed by atoms with Gasteiger partial charge in [0.25, 0.3) is 5.78 Å². The molecule has 0 radical (unpaired) electrons. The van der Waals surface area contributed by atoms with Gasteiger partial charge >= 0.3 is 11.9 Å². The fraction of sp³-hybridized carbons (Fsp3) is 0.182. The van der Waals surface area contributed by atoms with E-state index < -0.39 is 23.7 Å². The molecule has 0 saturated carbocycles. The van der Waals surface area contributed by atoms with E-state index in [0.29, 0.717) is 21.9 Å². The zero-order chi connectivity index (χ0) is 23.0. The Morgan fingerprint density at radius 1 is 1.16 bits per heavy atom. The van der Waals surface area contributed by atoms with Gasteiger partial charge in [-0.05, 0) is 42.6 Å². The first-order chi connectivity index (χ1) is 15.4. The van der Waals surface area contributed by atoms with Gasteiger partial charge < -0.3 is 14.6 Å². The lowest BCUT2D eigenvalue weighted by Crippen LogP contribution is -2.29. The summed E-state index contributed by atoms with van der Waals surface area (Å²) in [5.74, 6) is -1.94. The number of ketones is 1. The van der Waals surface area contributed by atoms with Crippen LogP contribution < -0.4 is 9.64 Å². The first-order valence-corrected chi connectivity index (χ1v) is 11.1. The minimum absolute atomic E-state index is 0.0462. The monoisotopic (exact) mass is 470 g/mol. The number of esters is 1. The van der Waals surface area contributed by atoms with Gasteiger partial charge in [-0.1, -0.05) is 17.4 Å². The van der Waals surface area contributed by atoms with E-state index in [0.717, 1.165) is 11.3 Å². The average Bonchev–Trinajstić information content (AvgIpc) is 3.52. The number of aryl methyl sites for hydroxylation is 1. The van der Waals surface area contributed by atoms with Crippen molar-refractivity contribution >= 4 is 51.2 Å². The average molecular weight is 471 g/mol. The van der Waals surface area contributed by atoms with E-state index in [4.69, 9.17) is 9.47 Å². The summed E-state index contributed by atoms with van der Waals surface area (Å²) in [6, 6.07) is 9.20. The molecular formula is C22H18N2O6S2. The molecule has 1 N–H and O–H groups in total. The van der Waals surface area contributed by atoms with E-state index in [1.54, 1.807) is 43.3 Å². The smallest absolute Gasteiger partial charge is 0.350 e. The number of ether oxygens (including phenoxy) is 2. The molecule has 1 atom stereocenters. The van der Waals surface area contributed by atoms with Crippen molar-refractivity contribution in [2.45, 2.75) is 13.0 Å². The van der Waals surface area contributed by atoms with Gasteiger partial charge in [0.15, 0.2) is 5.13 Å². The number of carbonyl (C=O) groups excluding carboxylic acids is 3. The second-order valence-electron chi connectivity index (χ2n) is 6.82. The fourth-order valence-electron chi connectivity index (χ4n) is 3.42. The second-order valence-corrected chi connectivity index (χ2v) is 8.77. The third-order valence-corrected chi connectivity index (χ3v) is 7.04. The Morgan fingerprint density at radius 2 is 1.88 bits per heavy atom. The maximum atomic E-state index is 13.1. The molecule has 8 nitrogen and oxygen atoms in total. The fourth-order valence-corrected chi connectivity index (χ4v) is 5.25. The van der Waals surface area contributed by atoms with Crippen LogP contribution >= 0.6 is 22.7 Å². The number of hydrogen-bond donors (Lipinski definition) is 1. The van der Waals surface area contributed by atoms with Gasteiger partial charge in [0.2, 0.25) is 0 Å². The summed E-state index contributed by atoms with van der Waals surface area (Å²) < 4.78 is 9.92. The van der Waals surface area contributed by atoms with Crippen molar-refractivity contribution in [3.8, 4) is 5.75 Å². The van der Waals surface area contributed by atoms with Gasteiger partial charge in [0.05, 0.1) is 25.5 Å². The topological polar surface area (TPSA) is 106 Å². The lowest BCUT2D eigenvalue weighted by molar-refractivity contribution is -0.132. The molecule has 2 aromatic heterocycles. The van der Waals surface area contributed by atoms with Gasteiger partial charge in [0, 0.05) is 10.4 Å². The van der Waals surface area contributed by atoms with Crippen molar-refractivity contribution in [2.75, 3.05) is 19.1 Å². The van der Waals surface area contributed by atoms with Gasteiger partial charge in [-0.25, -0.2) is 9.78 Å². The van der Waals surface area contributed by atoms with Crippen LogP contribution in [0.4, 0.5) is 5.13 Å². The van der Waals surface area contributed by atoms with Crippen LogP contribution in [0.1, 0.15) is 31.8 Å². The third kappa shape index (κ3) is 3.57. The molecule has 1 aromatic carbocycles. The van der Waals surface area contributed by atoms with E-state index in [2.05, 4.69) is 4.98 Å². The standard InChI is InChI=1S/C22H18N2O6S2/c1-11-19(21(28)30-3)32-22(23-11)24-16(14-5-4-10-31-14)15(18(26)20(24)27)17(25)12-6-8-13(29-2)9-7-12/h4-10,16,25H,1-3H3. The van der Waals surface area contributed by atoms with Crippen LogP contribution in [0.3, 0.4) is 0 Å². The summed E-state index contributed by atoms with van der Waals surface area (Å²) in [6.45, 7) is 1.63. The molecule has 164 valence electrons. The number of Topliss-reactive ketones (excluding diaryl/α,β-unsaturated/α-hetero) is 1. The Hall–Kier alpha value is -3.50. The van der Waals surface area contributed by atoms with E-state index in [1.165, 1.54) is 30.5 Å². The van der Waals surface area contributed by atoms with Crippen LogP contribution in [-0.4, -0.2) is 42.0 Å². The molecule has 0 spiro atoms. The molecule has 1 fully saturated rings. The molecular weight excluding hydrogens is 452 g/mol. The zero-order valence-corrected chi connectivity index (χ0v) is 19.0. The van der Waals surface area contributed by atoms with E-state index in [-0.39, 0.29) is 21.3 Å². The van der Waals surface area contributed by atoms with E-state index in [9.17, 15) is 19.5 Å². The largest absolute Gasteiger partial charge is 0.507 e. The number of benzene rings is 1. The summed E-state index contributed by atoms with van der Waals surface area (Å²) >= 11 is 2.30. The molecule has 0 bridgehead atoms. The van der Waals surface area contributed by atoms with Gasteiger partial charge in [-0.15, -0.1) is 11.3 Å². The van der Waals surface area contributed by atoms with Crippen molar-refractivity contribution in [3.63, 3.8) is 0 Å². The van der Waals surface area contributed by atoms with Crippen LogP contribution in [0.25, 0.3) is 5.76 Å². The van der Waals surface area contributed by atoms with Crippen molar-refractivity contribution in [1.82, 2.24) is 4.98 Å². The number of thiazole rings is 1. The van der Waals surface area contributed by atoms with Crippen molar-refractivity contribution in [2.24, 2.45) is 0 Å². The minimum Gasteiger partial charge on any atom is -0.507 e. The molecule has 3 aromatic rings. The van der Waals surface area contributed by atoms with Crippen molar-refractivity contribution in [1.29, 1.82) is 0 Å². The molecule has 4 rings (SSSR count). The van der Waals surface area contributed by atoms with Crippen molar-refractivity contribution < 1.29 is 29.0 Å². The summed E-state index contributed by atoms with van der Waals surface area (Å²) in [5.41, 5.74) is 0.713. The molecule has 1 aliphatic heterocycles. The molecule has 1 saturated heterocycles. The van der Waals surface area contributed by atoms with Gasteiger partial charge in [-0.3, -0.25) is 14.5 Å². The number of aliphatic hydroxyl groups is 1. The zero-order valence-electron chi connectivity index (χ0n) is 17.3. The Balaban J connectivity index is 1.88. The second kappa shape index (κ2) is 8.56. The van der Waals surface area contributed by atoms with Crippen LogP contribution in [0.2, 0.25) is 0 Å². The Morgan fingerprint density at radius 3 is 2.47 bits per heavy atom. The normalized spacial score (nSPS) is 17.6. The first kappa shape index (κ1) is 21.7. The van der Waals surface area contributed by atoms with E-state index >= 15 is 0 Å². The molecule has 0 aliphatic carbocycles. The number of methoxy groups -OCH3 is 2. The Labute approximate surface area is 191 Å². The quantitative estimate of drug-likeness (QED) is 0.261. The highest BCUT2D eigenvalue weighted by Crippen LogP contribution is 2.45. The predicted octanol–water partition coefficient (Wildman–Crippen LogP) is 3.93. The summed E-state index contributed by atoms with van der Waals surface area (Å²) in [7, 11) is 2.78. The number of amides is 1. The highest BCUT2D eigenvalue weighted by Gasteiger charge is 2.48. The molecule has 32 heavy (non-hydrogen) atoms. The molecule has 1 aliphatic rings. The molecule has 1 amide bonds.